The van der Waals surface area contributed by atoms with Gasteiger partial charge in [0, 0.05) is 31.7 Å². The van der Waals surface area contributed by atoms with Crippen molar-refractivity contribution in [1.82, 2.24) is 10.6 Å². The monoisotopic (exact) mass is 384 g/mol. The van der Waals surface area contributed by atoms with Crippen LogP contribution in [-0.4, -0.2) is 31.5 Å². The minimum atomic E-state index is 0.221. The average Bonchev–Trinajstić information content (AvgIpc) is 3.36. The molecule has 0 bridgehead atoms. The summed E-state index contributed by atoms with van der Waals surface area (Å²) in [5.41, 5.74) is 3.48. The van der Waals surface area contributed by atoms with Crippen molar-refractivity contribution in [3.8, 4) is 0 Å². The van der Waals surface area contributed by atoms with Gasteiger partial charge in [-0.05, 0) is 59.3 Å². The summed E-state index contributed by atoms with van der Waals surface area (Å²) in [6.07, 6.45) is 1.61. The molecule has 0 spiro atoms. The Balaban J connectivity index is 1.56. The van der Waals surface area contributed by atoms with E-state index >= 15 is 0 Å². The number of carbonyl (C=O) groups is 1. The maximum atomic E-state index is 11.8. The van der Waals surface area contributed by atoms with Gasteiger partial charge < -0.3 is 15.5 Å². The summed E-state index contributed by atoms with van der Waals surface area (Å²) < 4.78 is 0. The lowest BCUT2D eigenvalue weighted by Crippen LogP contribution is -2.39. The summed E-state index contributed by atoms with van der Waals surface area (Å²) in [4.78, 5) is 18.4. The molecule has 3 rings (SSSR count). The van der Waals surface area contributed by atoms with Crippen molar-refractivity contribution in [1.29, 1.82) is 0 Å². The molecule has 0 radical (unpaired) electrons. The second kappa shape index (κ2) is 9.55. The number of benzene rings is 1. The molecule has 2 aromatic rings. The summed E-state index contributed by atoms with van der Waals surface area (Å²) >= 11 is 1.73. The van der Waals surface area contributed by atoms with E-state index in [4.69, 9.17) is 4.99 Å². The van der Waals surface area contributed by atoms with Crippen LogP contribution in [0.1, 0.15) is 43.7 Å². The van der Waals surface area contributed by atoms with Crippen molar-refractivity contribution in [2.24, 2.45) is 4.99 Å². The number of nitrogens with one attached hydrogen (secondary N) is 2. The highest BCUT2D eigenvalue weighted by atomic mass is 32.1. The van der Waals surface area contributed by atoms with E-state index in [1.54, 1.807) is 11.3 Å². The largest absolute Gasteiger partial charge is 0.357 e. The van der Waals surface area contributed by atoms with Gasteiger partial charge >= 0.3 is 0 Å². The highest BCUT2D eigenvalue weighted by Crippen LogP contribution is 2.22. The fraction of sp³-hybridized carbons (Fsp3) is 0.429. The van der Waals surface area contributed by atoms with E-state index < -0.39 is 0 Å². The molecule has 1 atom stereocenters. The van der Waals surface area contributed by atoms with E-state index in [1.165, 1.54) is 5.56 Å². The van der Waals surface area contributed by atoms with Crippen molar-refractivity contribution in [3.05, 3.63) is 52.2 Å². The summed E-state index contributed by atoms with van der Waals surface area (Å²) in [6, 6.07) is 10.3. The number of amides is 1. The van der Waals surface area contributed by atoms with E-state index in [1.807, 2.05) is 17.0 Å². The Labute approximate surface area is 165 Å². The highest BCUT2D eigenvalue weighted by molar-refractivity contribution is 7.07. The van der Waals surface area contributed by atoms with Gasteiger partial charge in [0.2, 0.25) is 5.91 Å². The van der Waals surface area contributed by atoms with Crippen molar-refractivity contribution in [2.75, 3.05) is 24.5 Å². The summed E-state index contributed by atoms with van der Waals surface area (Å²) in [6.45, 7) is 7.40. The molecule has 1 aromatic carbocycles. The molecule has 2 heterocycles. The number of thiophene rings is 1. The van der Waals surface area contributed by atoms with Crippen molar-refractivity contribution in [2.45, 2.75) is 39.2 Å². The minimum Gasteiger partial charge on any atom is -0.357 e. The van der Waals surface area contributed by atoms with E-state index in [0.29, 0.717) is 18.9 Å². The molecule has 1 aliphatic rings. The third-order valence-corrected chi connectivity index (χ3v) is 5.47. The summed E-state index contributed by atoms with van der Waals surface area (Å²) in [7, 11) is 0. The Morgan fingerprint density at radius 2 is 2.07 bits per heavy atom. The lowest BCUT2D eigenvalue weighted by atomic mass is 10.1. The standard InChI is InChI=1S/C21H28N4OS/c1-3-22-21(23-13-16(2)18-10-12-27-15-18)24-14-17-6-8-19(9-7-17)25-11-4-5-20(25)26/h6-10,12,15-16H,3-5,11,13-14H2,1-2H3,(H2,22,23,24). The number of hydrogen-bond acceptors (Lipinski definition) is 3. The molecule has 1 unspecified atom stereocenters. The van der Waals surface area contributed by atoms with Crippen LogP contribution in [0.5, 0.6) is 0 Å². The van der Waals surface area contributed by atoms with E-state index in [-0.39, 0.29) is 5.91 Å². The number of guanidine groups is 1. The van der Waals surface area contributed by atoms with Crippen LogP contribution in [0.2, 0.25) is 0 Å². The van der Waals surface area contributed by atoms with Crippen LogP contribution in [0, 0.1) is 0 Å². The Hall–Kier alpha value is -2.34. The predicted molar refractivity (Wildman–Crippen MR) is 114 cm³/mol. The van der Waals surface area contributed by atoms with Gasteiger partial charge in [-0.3, -0.25) is 4.79 Å². The predicted octanol–water partition coefficient (Wildman–Crippen LogP) is 3.73. The molecule has 1 fully saturated rings. The van der Waals surface area contributed by atoms with E-state index in [2.05, 4.69) is 53.4 Å². The van der Waals surface area contributed by atoms with E-state index in [0.717, 1.165) is 43.3 Å². The van der Waals surface area contributed by atoms with Gasteiger partial charge in [0.25, 0.3) is 0 Å². The molecule has 144 valence electrons. The third-order valence-electron chi connectivity index (χ3n) is 4.77. The molecule has 0 aliphatic carbocycles. The number of aliphatic imine (C=N–C) groups is 1. The van der Waals surface area contributed by atoms with Crippen LogP contribution in [-0.2, 0) is 11.3 Å². The van der Waals surface area contributed by atoms with Crippen LogP contribution in [0.3, 0.4) is 0 Å². The van der Waals surface area contributed by atoms with E-state index in [9.17, 15) is 4.79 Å². The molecule has 1 saturated heterocycles. The first-order valence-electron chi connectivity index (χ1n) is 9.61. The van der Waals surface area contributed by atoms with Crippen LogP contribution in [0.4, 0.5) is 5.69 Å². The molecule has 1 aliphatic heterocycles. The van der Waals surface area contributed by atoms with Crippen molar-refractivity contribution < 1.29 is 4.79 Å². The Morgan fingerprint density at radius 3 is 2.70 bits per heavy atom. The second-order valence-electron chi connectivity index (χ2n) is 6.85. The number of hydrogen-bond donors (Lipinski definition) is 2. The number of carbonyl (C=O) groups excluding carboxylic acids is 1. The van der Waals surface area contributed by atoms with Gasteiger partial charge in [0.15, 0.2) is 5.96 Å². The van der Waals surface area contributed by atoms with Gasteiger partial charge in [0.05, 0.1) is 6.54 Å². The fourth-order valence-electron chi connectivity index (χ4n) is 3.14. The van der Waals surface area contributed by atoms with Gasteiger partial charge in [-0.1, -0.05) is 19.1 Å². The third kappa shape index (κ3) is 5.32. The quantitative estimate of drug-likeness (QED) is 0.565. The number of anilines is 1. The summed E-state index contributed by atoms with van der Waals surface area (Å²) in [5.74, 6) is 1.50. The Kier molecular flexibility index (Phi) is 6.87. The first kappa shape index (κ1) is 19.4. The molecule has 1 aromatic heterocycles. The molecular formula is C21H28N4OS. The minimum absolute atomic E-state index is 0.221. The lowest BCUT2D eigenvalue weighted by Gasteiger charge is -2.16. The fourth-order valence-corrected chi connectivity index (χ4v) is 3.92. The zero-order valence-electron chi connectivity index (χ0n) is 16.1. The molecule has 27 heavy (non-hydrogen) atoms. The van der Waals surface area contributed by atoms with Crippen LogP contribution >= 0.6 is 11.3 Å². The number of nitrogens with zero attached hydrogens (tertiary/aromatic N) is 2. The van der Waals surface area contributed by atoms with Gasteiger partial charge in [-0.25, -0.2) is 4.99 Å². The second-order valence-corrected chi connectivity index (χ2v) is 7.63. The molecule has 1 amide bonds. The average molecular weight is 385 g/mol. The Bertz CT molecular complexity index is 755. The first-order chi connectivity index (χ1) is 13.2. The zero-order chi connectivity index (χ0) is 19.1. The highest BCUT2D eigenvalue weighted by Gasteiger charge is 2.21. The molecule has 0 saturated carbocycles. The molecule has 5 nitrogen and oxygen atoms in total. The topological polar surface area (TPSA) is 56.7 Å². The maximum Gasteiger partial charge on any atom is 0.227 e. The first-order valence-corrected chi connectivity index (χ1v) is 10.5. The SMILES string of the molecule is CCNC(=NCc1ccc(N2CCCC2=O)cc1)NCC(C)c1ccsc1. The normalized spacial score (nSPS) is 15.9. The van der Waals surface area contributed by atoms with Gasteiger partial charge in [0.1, 0.15) is 0 Å². The van der Waals surface area contributed by atoms with Crippen molar-refractivity contribution in [3.63, 3.8) is 0 Å². The van der Waals surface area contributed by atoms with Crippen LogP contribution in [0.15, 0.2) is 46.1 Å². The summed E-state index contributed by atoms with van der Waals surface area (Å²) in [5, 5.41) is 11.0. The van der Waals surface area contributed by atoms with Crippen LogP contribution < -0.4 is 15.5 Å². The number of rotatable bonds is 7. The van der Waals surface area contributed by atoms with Gasteiger partial charge in [-0.15, -0.1) is 0 Å². The zero-order valence-corrected chi connectivity index (χ0v) is 16.9. The molecular weight excluding hydrogens is 356 g/mol. The molecule has 6 heteroatoms. The van der Waals surface area contributed by atoms with Gasteiger partial charge in [-0.2, -0.15) is 11.3 Å². The lowest BCUT2D eigenvalue weighted by molar-refractivity contribution is -0.117. The smallest absolute Gasteiger partial charge is 0.227 e. The van der Waals surface area contributed by atoms with Crippen molar-refractivity contribution >= 4 is 28.9 Å². The molecule has 2 N–H and O–H groups in total. The Morgan fingerprint density at radius 1 is 1.26 bits per heavy atom. The van der Waals surface area contributed by atoms with Crippen LogP contribution in [0.25, 0.3) is 0 Å². The maximum absolute atomic E-state index is 11.8.